The van der Waals surface area contributed by atoms with Gasteiger partial charge in [0.1, 0.15) is 0 Å². The number of benzene rings is 1. The Morgan fingerprint density at radius 1 is 1.38 bits per heavy atom. The Bertz CT molecular complexity index is 334. The van der Waals surface area contributed by atoms with Crippen LogP contribution in [0.3, 0.4) is 0 Å². The van der Waals surface area contributed by atoms with Gasteiger partial charge in [-0.25, -0.2) is 10.9 Å². The van der Waals surface area contributed by atoms with Crippen LogP contribution in [0, 0.1) is 13.8 Å². The molecule has 0 radical (unpaired) electrons. The number of anilines is 1. The lowest BCUT2D eigenvalue weighted by atomic mass is 10.1. The first-order chi connectivity index (χ1) is 6.02. The summed E-state index contributed by atoms with van der Waals surface area (Å²) in [5.74, 6) is 5.43. The Kier molecular flexibility index (Phi) is 2.68. The molecule has 0 bridgehead atoms. The third-order valence-electron chi connectivity index (χ3n) is 1.96. The molecule has 1 rings (SSSR count). The number of aryl methyl sites for hydroxylation is 2. The van der Waals surface area contributed by atoms with Crippen molar-refractivity contribution in [2.24, 2.45) is 5.84 Å². The molecule has 0 aliphatic rings. The van der Waals surface area contributed by atoms with Crippen LogP contribution in [-0.2, 0) is 4.79 Å². The zero-order chi connectivity index (χ0) is 10.0. The van der Waals surface area contributed by atoms with Gasteiger partial charge in [0.25, 0.3) is 0 Å². The van der Waals surface area contributed by atoms with Crippen LogP contribution in [0.4, 0.5) is 5.69 Å². The Labute approximate surface area is 78.1 Å². The molecular formula is C10H14N2O. The highest BCUT2D eigenvalue weighted by atomic mass is 16.2. The van der Waals surface area contributed by atoms with E-state index < -0.39 is 0 Å². The fourth-order valence-electron chi connectivity index (χ4n) is 1.15. The summed E-state index contributed by atoms with van der Waals surface area (Å²) in [4.78, 5) is 11.0. The molecule has 0 saturated carbocycles. The average molecular weight is 178 g/mol. The lowest BCUT2D eigenvalue weighted by molar-refractivity contribution is -0.116. The quantitative estimate of drug-likeness (QED) is 0.402. The highest BCUT2D eigenvalue weighted by Crippen LogP contribution is 2.18. The third kappa shape index (κ3) is 2.06. The van der Waals surface area contributed by atoms with Crippen molar-refractivity contribution in [2.45, 2.75) is 20.8 Å². The minimum absolute atomic E-state index is 0.159. The van der Waals surface area contributed by atoms with Crippen LogP contribution < -0.4 is 10.9 Å². The van der Waals surface area contributed by atoms with Gasteiger partial charge in [0.05, 0.1) is 5.69 Å². The normalized spacial score (nSPS) is 9.85. The number of rotatable bonds is 1. The Morgan fingerprint density at radius 2 is 2.00 bits per heavy atom. The molecule has 13 heavy (non-hydrogen) atoms. The summed E-state index contributed by atoms with van der Waals surface area (Å²) in [7, 11) is 0. The average Bonchev–Trinajstić information content (AvgIpc) is 2.08. The van der Waals surface area contributed by atoms with E-state index in [0.29, 0.717) is 0 Å². The molecule has 0 aliphatic heterocycles. The first-order valence-electron chi connectivity index (χ1n) is 4.15. The van der Waals surface area contributed by atoms with Gasteiger partial charge in [-0.1, -0.05) is 12.1 Å². The topological polar surface area (TPSA) is 46.3 Å². The first-order valence-corrected chi connectivity index (χ1v) is 4.15. The zero-order valence-corrected chi connectivity index (χ0v) is 8.16. The zero-order valence-electron chi connectivity index (χ0n) is 8.16. The van der Waals surface area contributed by atoms with Crippen LogP contribution in [0.1, 0.15) is 18.1 Å². The van der Waals surface area contributed by atoms with Crippen molar-refractivity contribution in [2.75, 3.05) is 5.01 Å². The van der Waals surface area contributed by atoms with Crippen LogP contribution in [-0.4, -0.2) is 5.91 Å². The van der Waals surface area contributed by atoms with E-state index in [1.807, 2.05) is 32.0 Å². The largest absolute Gasteiger partial charge is 0.273 e. The summed E-state index contributed by atoms with van der Waals surface area (Å²) in [5, 5.41) is 1.17. The summed E-state index contributed by atoms with van der Waals surface area (Å²) in [5.41, 5.74) is 2.87. The fourth-order valence-corrected chi connectivity index (χ4v) is 1.15. The lowest BCUT2D eigenvalue weighted by Gasteiger charge is -2.17. The predicted octanol–water partition coefficient (Wildman–Crippen LogP) is 1.53. The molecule has 0 aromatic heterocycles. The van der Waals surface area contributed by atoms with Gasteiger partial charge >= 0.3 is 0 Å². The Morgan fingerprint density at radius 3 is 2.54 bits per heavy atom. The molecule has 0 atom stereocenters. The van der Waals surface area contributed by atoms with E-state index in [2.05, 4.69) is 0 Å². The highest BCUT2D eigenvalue weighted by Gasteiger charge is 2.08. The molecule has 1 amide bonds. The summed E-state index contributed by atoms with van der Waals surface area (Å²) in [6, 6.07) is 5.84. The van der Waals surface area contributed by atoms with E-state index in [4.69, 9.17) is 5.84 Å². The van der Waals surface area contributed by atoms with Crippen molar-refractivity contribution in [1.29, 1.82) is 0 Å². The maximum Gasteiger partial charge on any atom is 0.238 e. The van der Waals surface area contributed by atoms with Crippen molar-refractivity contribution < 1.29 is 4.79 Å². The van der Waals surface area contributed by atoms with Crippen molar-refractivity contribution in [3.05, 3.63) is 29.3 Å². The van der Waals surface area contributed by atoms with E-state index >= 15 is 0 Å². The molecule has 2 N–H and O–H groups in total. The maximum absolute atomic E-state index is 11.0. The minimum Gasteiger partial charge on any atom is -0.273 e. The van der Waals surface area contributed by atoms with Gasteiger partial charge in [-0.05, 0) is 31.0 Å². The molecule has 3 heteroatoms. The lowest BCUT2D eigenvalue weighted by Crippen LogP contribution is -2.35. The van der Waals surface area contributed by atoms with Crippen molar-refractivity contribution in [3.8, 4) is 0 Å². The van der Waals surface area contributed by atoms with E-state index in [0.717, 1.165) is 16.8 Å². The van der Waals surface area contributed by atoms with Gasteiger partial charge in [0.2, 0.25) is 5.91 Å². The molecule has 0 saturated heterocycles. The smallest absolute Gasteiger partial charge is 0.238 e. The van der Waals surface area contributed by atoms with Gasteiger partial charge in [-0.2, -0.15) is 0 Å². The molecule has 70 valence electrons. The van der Waals surface area contributed by atoms with Crippen molar-refractivity contribution >= 4 is 11.6 Å². The standard InChI is InChI=1S/C10H14N2O/c1-7-4-5-8(2)10(6-7)12(11)9(3)13/h4-6H,11H2,1-3H3. The van der Waals surface area contributed by atoms with Crippen LogP contribution in [0.25, 0.3) is 0 Å². The number of hydrazine groups is 1. The maximum atomic E-state index is 11.0. The number of carbonyl (C=O) groups excluding carboxylic acids is 1. The van der Waals surface area contributed by atoms with E-state index in [1.54, 1.807) is 0 Å². The molecule has 0 aliphatic carbocycles. The third-order valence-corrected chi connectivity index (χ3v) is 1.96. The number of amides is 1. The number of nitrogens with two attached hydrogens (primary N) is 1. The molecule has 3 nitrogen and oxygen atoms in total. The van der Waals surface area contributed by atoms with Crippen LogP contribution >= 0.6 is 0 Å². The second kappa shape index (κ2) is 3.58. The SMILES string of the molecule is CC(=O)N(N)c1cc(C)ccc1C. The van der Waals surface area contributed by atoms with Crippen molar-refractivity contribution in [1.82, 2.24) is 0 Å². The van der Waals surface area contributed by atoms with E-state index in [9.17, 15) is 4.79 Å². The molecule has 0 unspecified atom stereocenters. The number of hydrogen-bond donors (Lipinski definition) is 1. The Balaban J connectivity index is 3.12. The predicted molar refractivity (Wildman–Crippen MR) is 53.3 cm³/mol. The number of carbonyl (C=O) groups is 1. The summed E-state index contributed by atoms with van der Waals surface area (Å²) < 4.78 is 0. The molecular weight excluding hydrogens is 164 g/mol. The first kappa shape index (κ1) is 9.74. The molecule has 0 heterocycles. The second-order valence-electron chi connectivity index (χ2n) is 3.18. The van der Waals surface area contributed by atoms with E-state index in [1.165, 1.54) is 11.9 Å². The van der Waals surface area contributed by atoms with Crippen LogP contribution in [0.2, 0.25) is 0 Å². The van der Waals surface area contributed by atoms with Gasteiger partial charge in [-0.3, -0.25) is 4.79 Å². The minimum atomic E-state index is -0.159. The van der Waals surface area contributed by atoms with Crippen molar-refractivity contribution in [3.63, 3.8) is 0 Å². The van der Waals surface area contributed by atoms with Crippen LogP contribution in [0.15, 0.2) is 18.2 Å². The molecule has 0 fully saturated rings. The van der Waals surface area contributed by atoms with Gasteiger partial charge < -0.3 is 0 Å². The van der Waals surface area contributed by atoms with Gasteiger partial charge in [-0.15, -0.1) is 0 Å². The Hall–Kier alpha value is -1.35. The van der Waals surface area contributed by atoms with Gasteiger partial charge in [0, 0.05) is 6.92 Å². The summed E-state index contributed by atoms with van der Waals surface area (Å²) in [6.45, 7) is 5.34. The van der Waals surface area contributed by atoms with Gasteiger partial charge in [0.15, 0.2) is 0 Å². The molecule has 0 spiro atoms. The number of hydrogen-bond acceptors (Lipinski definition) is 2. The number of nitrogens with zero attached hydrogens (tertiary/aromatic N) is 1. The van der Waals surface area contributed by atoms with Crippen LogP contribution in [0.5, 0.6) is 0 Å². The fraction of sp³-hybridized carbons (Fsp3) is 0.300. The second-order valence-corrected chi connectivity index (χ2v) is 3.18. The molecule has 1 aromatic carbocycles. The monoisotopic (exact) mass is 178 g/mol. The highest BCUT2D eigenvalue weighted by molar-refractivity contribution is 5.91. The molecule has 1 aromatic rings. The van der Waals surface area contributed by atoms with E-state index in [-0.39, 0.29) is 5.91 Å². The summed E-state index contributed by atoms with van der Waals surface area (Å²) in [6.07, 6.45) is 0. The summed E-state index contributed by atoms with van der Waals surface area (Å²) >= 11 is 0.